The van der Waals surface area contributed by atoms with E-state index < -0.39 is 5.97 Å². The summed E-state index contributed by atoms with van der Waals surface area (Å²) in [6.07, 6.45) is 5.20. The summed E-state index contributed by atoms with van der Waals surface area (Å²) in [6, 6.07) is 3.39. The molecule has 0 fully saturated rings. The second-order valence-corrected chi connectivity index (χ2v) is 4.92. The minimum atomic E-state index is -0.914. The lowest BCUT2D eigenvalue weighted by atomic mass is 10.3. The summed E-state index contributed by atoms with van der Waals surface area (Å²) >= 11 is 1.23. The van der Waals surface area contributed by atoms with Gasteiger partial charge in [-0.15, -0.1) is 11.3 Å². The molecule has 0 aliphatic carbocycles. The van der Waals surface area contributed by atoms with Crippen molar-refractivity contribution in [2.75, 3.05) is 12.4 Å². The third-order valence-electron chi connectivity index (χ3n) is 2.73. The van der Waals surface area contributed by atoms with Crippen molar-refractivity contribution in [3.8, 4) is 10.6 Å². The smallest absolute Gasteiger partial charge is 0.345 e. The van der Waals surface area contributed by atoms with E-state index in [4.69, 9.17) is 5.11 Å². The van der Waals surface area contributed by atoms with Crippen molar-refractivity contribution in [2.24, 2.45) is 0 Å². The molecule has 6 nitrogen and oxygen atoms in total. The van der Waals surface area contributed by atoms with Gasteiger partial charge in [-0.3, -0.25) is 4.40 Å². The van der Waals surface area contributed by atoms with E-state index in [1.54, 1.807) is 37.8 Å². The van der Waals surface area contributed by atoms with Gasteiger partial charge in [-0.1, -0.05) is 0 Å². The zero-order valence-corrected chi connectivity index (χ0v) is 10.8. The second kappa shape index (κ2) is 4.36. The second-order valence-electron chi connectivity index (χ2n) is 3.83. The minimum Gasteiger partial charge on any atom is -0.477 e. The molecule has 3 rings (SSSR count). The zero-order valence-electron chi connectivity index (χ0n) is 9.99. The molecule has 2 N–H and O–H groups in total. The molecule has 0 atom stereocenters. The molecule has 3 heterocycles. The molecular weight excluding hydrogens is 264 g/mol. The van der Waals surface area contributed by atoms with Crippen LogP contribution in [0.3, 0.4) is 0 Å². The Balaban J connectivity index is 2.17. The lowest BCUT2D eigenvalue weighted by molar-refractivity contribution is 0.0702. The van der Waals surface area contributed by atoms with Crippen LogP contribution in [0.4, 0.5) is 5.82 Å². The molecule has 0 bridgehead atoms. The first-order valence-electron chi connectivity index (χ1n) is 5.54. The van der Waals surface area contributed by atoms with E-state index in [1.165, 1.54) is 11.3 Å². The first kappa shape index (κ1) is 11.7. The van der Waals surface area contributed by atoms with Gasteiger partial charge in [-0.25, -0.2) is 14.8 Å². The van der Waals surface area contributed by atoms with Crippen LogP contribution in [-0.4, -0.2) is 32.5 Å². The number of imidazole rings is 1. The number of thiophene rings is 1. The molecule has 0 aromatic carbocycles. The van der Waals surface area contributed by atoms with Crippen LogP contribution in [0, 0.1) is 0 Å². The van der Waals surface area contributed by atoms with Crippen LogP contribution in [-0.2, 0) is 0 Å². The molecule has 0 radical (unpaired) electrons. The molecule has 0 amide bonds. The molecular formula is C12H10N4O2S. The molecule has 0 spiro atoms. The van der Waals surface area contributed by atoms with E-state index >= 15 is 0 Å². The van der Waals surface area contributed by atoms with Crippen LogP contribution < -0.4 is 5.32 Å². The normalized spacial score (nSPS) is 10.8. The summed E-state index contributed by atoms with van der Waals surface area (Å²) in [7, 11) is 1.78. The van der Waals surface area contributed by atoms with Gasteiger partial charge in [0.25, 0.3) is 0 Å². The minimum absolute atomic E-state index is 0.313. The Labute approximate surface area is 112 Å². The first-order chi connectivity index (χ1) is 9.20. The number of hydrogen-bond acceptors (Lipinski definition) is 5. The average Bonchev–Trinajstić information content (AvgIpc) is 3.04. The molecule has 0 unspecified atom stereocenters. The van der Waals surface area contributed by atoms with E-state index in [0.29, 0.717) is 16.3 Å². The van der Waals surface area contributed by atoms with Crippen molar-refractivity contribution in [3.63, 3.8) is 0 Å². The fourth-order valence-electron chi connectivity index (χ4n) is 1.87. The highest BCUT2D eigenvalue weighted by molar-refractivity contribution is 7.17. The molecule has 0 saturated heterocycles. The summed E-state index contributed by atoms with van der Waals surface area (Å²) in [5, 5.41) is 11.9. The van der Waals surface area contributed by atoms with Crippen LogP contribution in [0.1, 0.15) is 9.67 Å². The number of aromatic carboxylic acids is 1. The molecule has 0 saturated carbocycles. The fraction of sp³-hybridized carbons (Fsp3) is 0.0833. The Morgan fingerprint density at radius 1 is 1.42 bits per heavy atom. The summed E-state index contributed by atoms with van der Waals surface area (Å²) < 4.78 is 1.89. The highest BCUT2D eigenvalue weighted by Crippen LogP contribution is 2.29. The molecule has 0 aliphatic heterocycles. The van der Waals surface area contributed by atoms with E-state index in [0.717, 1.165) is 10.6 Å². The van der Waals surface area contributed by atoms with Gasteiger partial charge in [0, 0.05) is 19.4 Å². The number of nitrogens with one attached hydrogen (secondary N) is 1. The average molecular weight is 274 g/mol. The Morgan fingerprint density at radius 2 is 2.26 bits per heavy atom. The first-order valence-corrected chi connectivity index (χ1v) is 6.35. The molecule has 3 aromatic rings. The Kier molecular flexibility index (Phi) is 2.68. The predicted octanol–water partition coefficient (Wildman–Crippen LogP) is 2.20. The van der Waals surface area contributed by atoms with Crippen molar-refractivity contribution in [1.82, 2.24) is 14.4 Å². The van der Waals surface area contributed by atoms with Crippen LogP contribution in [0.15, 0.2) is 30.7 Å². The third-order valence-corrected chi connectivity index (χ3v) is 3.83. The number of fused-ring (bicyclic) bond motifs is 1. The quantitative estimate of drug-likeness (QED) is 0.765. The van der Waals surface area contributed by atoms with Crippen LogP contribution in [0.2, 0.25) is 0 Å². The number of nitrogens with zero attached hydrogens (tertiary/aromatic N) is 3. The predicted molar refractivity (Wildman–Crippen MR) is 72.8 cm³/mol. The van der Waals surface area contributed by atoms with E-state index in [9.17, 15) is 4.79 Å². The van der Waals surface area contributed by atoms with Gasteiger partial charge in [0.1, 0.15) is 4.88 Å². The Bertz CT molecular complexity index is 762. The molecule has 7 heteroatoms. The standard InChI is InChI=1S/C12H10N4O2S/c1-13-10-11-15-6-7(16(11)5-4-14-10)8-2-3-9(19-8)12(17)18/h2-6H,1H3,(H,13,14)(H,17,18). The Morgan fingerprint density at radius 3 is 2.95 bits per heavy atom. The maximum Gasteiger partial charge on any atom is 0.345 e. The number of anilines is 1. The summed E-state index contributed by atoms with van der Waals surface area (Å²) in [5.41, 5.74) is 1.57. The highest BCUT2D eigenvalue weighted by Gasteiger charge is 2.13. The summed E-state index contributed by atoms with van der Waals surface area (Å²) in [6.45, 7) is 0. The molecule has 3 aromatic heterocycles. The monoisotopic (exact) mass is 274 g/mol. The number of carbonyl (C=O) groups is 1. The van der Waals surface area contributed by atoms with Crippen molar-refractivity contribution in [1.29, 1.82) is 0 Å². The topological polar surface area (TPSA) is 79.5 Å². The molecule has 19 heavy (non-hydrogen) atoms. The van der Waals surface area contributed by atoms with E-state index in [1.807, 2.05) is 4.40 Å². The number of carboxylic acids is 1. The highest BCUT2D eigenvalue weighted by atomic mass is 32.1. The largest absolute Gasteiger partial charge is 0.477 e. The van der Waals surface area contributed by atoms with Gasteiger partial charge in [0.2, 0.25) is 0 Å². The number of hydrogen-bond donors (Lipinski definition) is 2. The zero-order chi connectivity index (χ0) is 13.4. The van der Waals surface area contributed by atoms with Crippen LogP contribution >= 0.6 is 11.3 Å². The van der Waals surface area contributed by atoms with Crippen molar-refractivity contribution >= 4 is 28.8 Å². The Hall–Kier alpha value is -2.41. The summed E-state index contributed by atoms with van der Waals surface area (Å²) in [4.78, 5) is 20.6. The lowest BCUT2D eigenvalue weighted by Crippen LogP contribution is -1.97. The number of rotatable bonds is 3. The number of aromatic nitrogens is 3. The lowest BCUT2D eigenvalue weighted by Gasteiger charge is -2.02. The van der Waals surface area contributed by atoms with Gasteiger partial charge in [0.05, 0.1) is 16.8 Å². The van der Waals surface area contributed by atoms with Gasteiger partial charge in [0.15, 0.2) is 11.5 Å². The van der Waals surface area contributed by atoms with E-state index in [-0.39, 0.29) is 0 Å². The third kappa shape index (κ3) is 1.84. The number of carboxylic acid groups (broad SMARTS) is 1. The molecule has 96 valence electrons. The van der Waals surface area contributed by atoms with Gasteiger partial charge >= 0.3 is 5.97 Å². The van der Waals surface area contributed by atoms with E-state index in [2.05, 4.69) is 15.3 Å². The van der Waals surface area contributed by atoms with Crippen molar-refractivity contribution < 1.29 is 9.90 Å². The van der Waals surface area contributed by atoms with Gasteiger partial charge < -0.3 is 10.4 Å². The fourth-order valence-corrected chi connectivity index (χ4v) is 2.72. The van der Waals surface area contributed by atoms with Gasteiger partial charge in [-0.2, -0.15) is 0 Å². The van der Waals surface area contributed by atoms with Crippen molar-refractivity contribution in [3.05, 3.63) is 35.6 Å². The van der Waals surface area contributed by atoms with Gasteiger partial charge in [-0.05, 0) is 12.1 Å². The van der Waals surface area contributed by atoms with Crippen LogP contribution in [0.5, 0.6) is 0 Å². The SMILES string of the molecule is CNc1nccn2c(-c3ccc(C(=O)O)s3)cnc12. The van der Waals surface area contributed by atoms with Crippen molar-refractivity contribution in [2.45, 2.75) is 0 Å². The van der Waals surface area contributed by atoms with Crippen LogP contribution in [0.25, 0.3) is 16.2 Å². The summed E-state index contributed by atoms with van der Waals surface area (Å²) in [5.74, 6) is -0.230. The maximum absolute atomic E-state index is 10.9. The molecule has 0 aliphatic rings. The maximum atomic E-state index is 10.9.